The lowest BCUT2D eigenvalue weighted by molar-refractivity contribution is 0.742. The third kappa shape index (κ3) is 1.88. The number of aromatic nitrogens is 4. The van der Waals surface area contributed by atoms with Crippen LogP contribution in [0.1, 0.15) is 18.8 Å². The number of tetrazole rings is 1. The monoisotopic (exact) mass is 155 g/mol. The molecule has 0 bridgehead atoms. The maximum Gasteiger partial charge on any atom is 0.198 e. The van der Waals surface area contributed by atoms with Crippen LogP contribution in [0.5, 0.6) is 0 Å². The summed E-state index contributed by atoms with van der Waals surface area (Å²) in [5.74, 6) is 0.487. The molecule has 1 rings (SSSR count). The number of hydrogen-bond acceptors (Lipinski definition) is 4. The number of aromatic amines is 1. The summed E-state index contributed by atoms with van der Waals surface area (Å²) in [6.07, 6.45) is 0. The smallest absolute Gasteiger partial charge is 0.198 e. The average Bonchev–Trinajstić information content (AvgIpc) is 2.35. The largest absolute Gasteiger partial charge is 0.370 e. The molecule has 0 aromatic carbocycles. The Bertz CT molecular complexity index is 233. The summed E-state index contributed by atoms with van der Waals surface area (Å²) in [7, 11) is 0. The molecule has 1 unspecified atom stereocenters. The standard InChI is InChI=1S/C4H9N7/c1-2(7-4(5)6)3-8-10-11-9-3/h2H,1H3,(H4,5,6,7)(H,8,9,10,11). The molecule has 0 fully saturated rings. The van der Waals surface area contributed by atoms with Gasteiger partial charge in [-0.2, -0.15) is 5.21 Å². The SMILES string of the molecule is CC(N=C(N)N)c1nn[nH]n1. The third-order valence-electron chi connectivity index (χ3n) is 1.08. The number of nitrogens with one attached hydrogen (secondary N) is 1. The highest BCUT2D eigenvalue weighted by Crippen LogP contribution is 2.07. The molecule has 0 aliphatic rings. The molecule has 0 spiro atoms. The minimum atomic E-state index is -0.251. The van der Waals surface area contributed by atoms with Gasteiger partial charge in [-0.15, -0.1) is 10.2 Å². The van der Waals surface area contributed by atoms with Crippen molar-refractivity contribution in [3.05, 3.63) is 5.82 Å². The first-order chi connectivity index (χ1) is 5.20. The molecule has 1 heterocycles. The molecular formula is C4H9N7. The Morgan fingerprint density at radius 1 is 1.64 bits per heavy atom. The Kier molecular flexibility index (Phi) is 2.00. The van der Waals surface area contributed by atoms with E-state index in [0.717, 1.165) is 0 Å². The predicted molar refractivity (Wildman–Crippen MR) is 38.4 cm³/mol. The highest BCUT2D eigenvalue weighted by molar-refractivity contribution is 5.75. The molecule has 1 aromatic rings. The molecule has 0 saturated carbocycles. The quantitative estimate of drug-likeness (QED) is 0.356. The van der Waals surface area contributed by atoms with Crippen LogP contribution in [0.25, 0.3) is 0 Å². The van der Waals surface area contributed by atoms with Crippen molar-refractivity contribution in [1.82, 2.24) is 20.6 Å². The van der Waals surface area contributed by atoms with Crippen molar-refractivity contribution in [3.63, 3.8) is 0 Å². The van der Waals surface area contributed by atoms with E-state index in [1.54, 1.807) is 6.92 Å². The van der Waals surface area contributed by atoms with Gasteiger partial charge in [-0.05, 0) is 6.92 Å². The zero-order chi connectivity index (χ0) is 8.27. The molecule has 1 atom stereocenters. The van der Waals surface area contributed by atoms with E-state index in [1.165, 1.54) is 0 Å². The molecular weight excluding hydrogens is 146 g/mol. The predicted octanol–water partition coefficient (Wildman–Crippen LogP) is -1.47. The van der Waals surface area contributed by atoms with E-state index in [4.69, 9.17) is 11.5 Å². The van der Waals surface area contributed by atoms with E-state index < -0.39 is 0 Å². The Labute approximate surface area is 62.9 Å². The summed E-state index contributed by atoms with van der Waals surface area (Å²) in [5.41, 5.74) is 10.3. The lowest BCUT2D eigenvalue weighted by atomic mass is 10.3. The van der Waals surface area contributed by atoms with Crippen molar-refractivity contribution >= 4 is 5.96 Å². The summed E-state index contributed by atoms with van der Waals surface area (Å²) >= 11 is 0. The topological polar surface area (TPSA) is 119 Å². The second kappa shape index (κ2) is 2.95. The van der Waals surface area contributed by atoms with Gasteiger partial charge in [-0.3, -0.25) is 0 Å². The molecule has 0 aliphatic carbocycles. The number of aliphatic imine (C=N–C) groups is 1. The van der Waals surface area contributed by atoms with Crippen LogP contribution in [0.4, 0.5) is 0 Å². The fraction of sp³-hybridized carbons (Fsp3) is 0.500. The van der Waals surface area contributed by atoms with Crippen LogP contribution >= 0.6 is 0 Å². The number of nitrogens with zero attached hydrogens (tertiary/aromatic N) is 4. The maximum absolute atomic E-state index is 5.14. The summed E-state index contributed by atoms with van der Waals surface area (Å²) < 4.78 is 0. The Balaban J connectivity index is 2.71. The zero-order valence-electron chi connectivity index (χ0n) is 6.02. The van der Waals surface area contributed by atoms with Gasteiger partial charge >= 0.3 is 0 Å². The number of H-pyrrole nitrogens is 1. The van der Waals surface area contributed by atoms with Gasteiger partial charge in [0.05, 0.1) is 0 Å². The highest BCUT2D eigenvalue weighted by atomic mass is 15.5. The molecule has 11 heavy (non-hydrogen) atoms. The number of rotatable bonds is 2. The van der Waals surface area contributed by atoms with Gasteiger partial charge in [-0.25, -0.2) is 4.99 Å². The number of hydrogen-bond donors (Lipinski definition) is 3. The van der Waals surface area contributed by atoms with E-state index >= 15 is 0 Å². The first-order valence-corrected chi connectivity index (χ1v) is 3.02. The van der Waals surface area contributed by atoms with E-state index in [0.29, 0.717) is 5.82 Å². The number of nitrogens with two attached hydrogens (primary N) is 2. The van der Waals surface area contributed by atoms with E-state index in [2.05, 4.69) is 25.6 Å². The van der Waals surface area contributed by atoms with Crippen molar-refractivity contribution in [1.29, 1.82) is 0 Å². The van der Waals surface area contributed by atoms with E-state index in [1.807, 2.05) is 0 Å². The van der Waals surface area contributed by atoms with Crippen molar-refractivity contribution in [2.24, 2.45) is 16.5 Å². The fourth-order valence-electron chi connectivity index (χ4n) is 0.628. The summed E-state index contributed by atoms with van der Waals surface area (Å²) in [4.78, 5) is 3.81. The van der Waals surface area contributed by atoms with E-state index in [9.17, 15) is 0 Å². The van der Waals surface area contributed by atoms with E-state index in [-0.39, 0.29) is 12.0 Å². The first-order valence-electron chi connectivity index (χ1n) is 3.02. The first kappa shape index (κ1) is 7.45. The van der Waals surface area contributed by atoms with Crippen LogP contribution in [0.15, 0.2) is 4.99 Å². The molecule has 1 aromatic heterocycles. The zero-order valence-corrected chi connectivity index (χ0v) is 6.02. The Hall–Kier alpha value is -1.66. The number of guanidine groups is 1. The van der Waals surface area contributed by atoms with Crippen molar-refractivity contribution < 1.29 is 0 Å². The lowest BCUT2D eigenvalue weighted by Crippen LogP contribution is -2.23. The van der Waals surface area contributed by atoms with Crippen LogP contribution in [0, 0.1) is 0 Å². The van der Waals surface area contributed by atoms with Crippen molar-refractivity contribution in [3.8, 4) is 0 Å². The molecule has 0 amide bonds. The molecule has 0 radical (unpaired) electrons. The van der Waals surface area contributed by atoms with Crippen LogP contribution in [-0.2, 0) is 0 Å². The molecule has 7 heteroatoms. The normalized spacial score (nSPS) is 12.5. The van der Waals surface area contributed by atoms with Gasteiger partial charge in [0.25, 0.3) is 0 Å². The van der Waals surface area contributed by atoms with Gasteiger partial charge in [0.15, 0.2) is 11.8 Å². The minimum absolute atomic E-state index is 0.0160. The molecule has 7 nitrogen and oxygen atoms in total. The second-order valence-corrected chi connectivity index (χ2v) is 2.00. The molecule has 5 N–H and O–H groups in total. The molecule has 0 saturated heterocycles. The van der Waals surface area contributed by atoms with Gasteiger partial charge in [0, 0.05) is 0 Å². The average molecular weight is 155 g/mol. The maximum atomic E-state index is 5.14. The highest BCUT2D eigenvalue weighted by Gasteiger charge is 2.07. The Morgan fingerprint density at radius 3 is 2.82 bits per heavy atom. The summed E-state index contributed by atoms with van der Waals surface area (Å²) in [5, 5.41) is 13.1. The van der Waals surface area contributed by atoms with Gasteiger partial charge in [0.1, 0.15) is 6.04 Å². The van der Waals surface area contributed by atoms with Crippen molar-refractivity contribution in [2.45, 2.75) is 13.0 Å². The molecule has 0 aliphatic heterocycles. The van der Waals surface area contributed by atoms with Crippen LogP contribution in [0.3, 0.4) is 0 Å². The minimum Gasteiger partial charge on any atom is -0.370 e. The van der Waals surface area contributed by atoms with Crippen LogP contribution in [0.2, 0.25) is 0 Å². The van der Waals surface area contributed by atoms with Gasteiger partial charge in [0.2, 0.25) is 0 Å². The van der Waals surface area contributed by atoms with Gasteiger partial charge < -0.3 is 11.5 Å². The van der Waals surface area contributed by atoms with Gasteiger partial charge in [-0.1, -0.05) is 5.21 Å². The van der Waals surface area contributed by atoms with Crippen molar-refractivity contribution in [2.75, 3.05) is 0 Å². The summed E-state index contributed by atoms with van der Waals surface area (Å²) in [6.45, 7) is 1.77. The molecule has 60 valence electrons. The second-order valence-electron chi connectivity index (χ2n) is 2.00. The van der Waals surface area contributed by atoms with Crippen LogP contribution in [-0.4, -0.2) is 26.6 Å². The fourth-order valence-corrected chi connectivity index (χ4v) is 0.628. The Morgan fingerprint density at radius 2 is 2.36 bits per heavy atom. The lowest BCUT2D eigenvalue weighted by Gasteiger charge is -1.98. The summed E-state index contributed by atoms with van der Waals surface area (Å²) in [6, 6.07) is -0.251. The van der Waals surface area contributed by atoms with Crippen LogP contribution < -0.4 is 11.5 Å². The third-order valence-corrected chi connectivity index (χ3v) is 1.08.